The maximum absolute atomic E-state index is 12.7. The van der Waals surface area contributed by atoms with E-state index in [9.17, 15) is 4.79 Å². The van der Waals surface area contributed by atoms with Gasteiger partial charge in [-0.15, -0.1) is 0 Å². The van der Waals surface area contributed by atoms with Crippen LogP contribution in [-0.4, -0.2) is 17.1 Å². The lowest BCUT2D eigenvalue weighted by atomic mass is 9.96. The summed E-state index contributed by atoms with van der Waals surface area (Å²) in [6.07, 6.45) is 6.85. The Bertz CT molecular complexity index is 920. The lowest BCUT2D eigenvalue weighted by Crippen LogP contribution is -2.39. The van der Waals surface area contributed by atoms with Gasteiger partial charge in [0.1, 0.15) is 0 Å². The first kappa shape index (κ1) is 17.7. The quantitative estimate of drug-likeness (QED) is 0.536. The van der Waals surface area contributed by atoms with Crippen molar-refractivity contribution in [3.63, 3.8) is 0 Å². The number of aromatic amines is 1. The van der Waals surface area contributed by atoms with Gasteiger partial charge in [-0.1, -0.05) is 68.7 Å². The Morgan fingerprint density at radius 3 is 2.52 bits per heavy atom. The number of hydrogen-bond acceptors (Lipinski definition) is 1. The molecule has 140 valence electrons. The van der Waals surface area contributed by atoms with Crippen molar-refractivity contribution >= 4 is 22.6 Å². The number of urea groups is 1. The van der Waals surface area contributed by atoms with Gasteiger partial charge in [0.25, 0.3) is 0 Å². The summed E-state index contributed by atoms with van der Waals surface area (Å²) >= 11 is 0. The van der Waals surface area contributed by atoms with E-state index in [1.54, 1.807) is 0 Å². The van der Waals surface area contributed by atoms with Gasteiger partial charge in [-0.25, -0.2) is 4.79 Å². The molecule has 27 heavy (non-hydrogen) atoms. The second-order valence-corrected chi connectivity index (χ2v) is 7.40. The summed E-state index contributed by atoms with van der Waals surface area (Å²) in [5.41, 5.74) is 5.22. The first-order chi connectivity index (χ1) is 13.2. The summed E-state index contributed by atoms with van der Waals surface area (Å²) in [4.78, 5) is 16.2. The Hall–Kier alpha value is -2.75. The fraction of sp³-hybridized carbons (Fsp3) is 0.348. The average molecular weight is 361 g/mol. The van der Waals surface area contributed by atoms with Crippen molar-refractivity contribution in [2.75, 3.05) is 5.32 Å². The summed E-state index contributed by atoms with van der Waals surface area (Å²) in [6, 6.07) is 16.8. The fourth-order valence-corrected chi connectivity index (χ4v) is 3.98. The standard InChI is InChI=1S/C23H27N3O/c1-2-16-12-14-17(15-13-16)21-22(19-10-6-7-11-20(19)25-21)26-23(27)24-18-8-4-3-5-9-18/h6-7,10-15,18,25H,2-5,8-9H2,1H3,(H2,24,26,27). The molecule has 0 bridgehead atoms. The molecule has 4 rings (SSSR count). The number of H-pyrrole nitrogens is 1. The van der Waals surface area contributed by atoms with Crippen LogP contribution in [0.3, 0.4) is 0 Å². The Labute approximate surface area is 160 Å². The van der Waals surface area contributed by atoms with E-state index in [0.29, 0.717) is 0 Å². The minimum absolute atomic E-state index is 0.113. The van der Waals surface area contributed by atoms with Crippen molar-refractivity contribution < 1.29 is 4.79 Å². The number of benzene rings is 2. The molecule has 1 fully saturated rings. The molecule has 1 aliphatic rings. The van der Waals surface area contributed by atoms with Gasteiger partial charge in [-0.2, -0.15) is 0 Å². The predicted octanol–water partition coefficient (Wildman–Crippen LogP) is 5.85. The van der Waals surface area contributed by atoms with E-state index in [-0.39, 0.29) is 12.1 Å². The van der Waals surface area contributed by atoms with E-state index in [2.05, 4.69) is 46.8 Å². The fourth-order valence-electron chi connectivity index (χ4n) is 3.98. The molecule has 0 spiro atoms. The number of rotatable bonds is 4. The molecule has 0 unspecified atom stereocenters. The number of aryl methyl sites for hydroxylation is 1. The van der Waals surface area contributed by atoms with Crippen LogP contribution in [0.5, 0.6) is 0 Å². The van der Waals surface area contributed by atoms with Crippen LogP contribution in [0.1, 0.15) is 44.6 Å². The highest BCUT2D eigenvalue weighted by atomic mass is 16.2. The second-order valence-electron chi connectivity index (χ2n) is 7.40. The lowest BCUT2D eigenvalue weighted by molar-refractivity contribution is 0.244. The highest BCUT2D eigenvalue weighted by Gasteiger charge is 2.19. The van der Waals surface area contributed by atoms with E-state index in [4.69, 9.17) is 0 Å². The van der Waals surface area contributed by atoms with E-state index in [1.807, 2.05) is 24.3 Å². The topological polar surface area (TPSA) is 56.9 Å². The van der Waals surface area contributed by atoms with Crippen molar-refractivity contribution in [2.45, 2.75) is 51.5 Å². The number of nitrogens with one attached hydrogen (secondary N) is 3. The minimum Gasteiger partial charge on any atom is -0.353 e. The zero-order valence-electron chi connectivity index (χ0n) is 15.8. The van der Waals surface area contributed by atoms with Crippen LogP contribution in [0, 0.1) is 0 Å². The van der Waals surface area contributed by atoms with Gasteiger partial charge >= 0.3 is 6.03 Å². The third-order valence-corrected chi connectivity index (χ3v) is 5.54. The number of para-hydroxylation sites is 1. The third kappa shape index (κ3) is 3.85. The van der Waals surface area contributed by atoms with E-state index < -0.39 is 0 Å². The average Bonchev–Trinajstić information content (AvgIpc) is 3.07. The molecular weight excluding hydrogens is 334 g/mol. The monoisotopic (exact) mass is 361 g/mol. The minimum atomic E-state index is -0.113. The molecule has 3 N–H and O–H groups in total. The van der Waals surface area contributed by atoms with Crippen molar-refractivity contribution in [1.29, 1.82) is 0 Å². The highest BCUT2D eigenvalue weighted by molar-refractivity contribution is 6.07. The number of amides is 2. The Balaban J connectivity index is 1.64. The number of aromatic nitrogens is 1. The van der Waals surface area contributed by atoms with Gasteiger partial charge in [-0.05, 0) is 30.9 Å². The third-order valence-electron chi connectivity index (χ3n) is 5.54. The largest absolute Gasteiger partial charge is 0.353 e. The van der Waals surface area contributed by atoms with Crippen molar-refractivity contribution in [3.8, 4) is 11.3 Å². The van der Waals surface area contributed by atoms with Crippen LogP contribution in [0.15, 0.2) is 48.5 Å². The van der Waals surface area contributed by atoms with Crippen LogP contribution >= 0.6 is 0 Å². The summed E-state index contributed by atoms with van der Waals surface area (Å²) in [5, 5.41) is 7.31. The SMILES string of the molecule is CCc1ccc(-c2[nH]c3ccccc3c2NC(=O)NC2CCCCC2)cc1. The van der Waals surface area contributed by atoms with Crippen LogP contribution in [0.2, 0.25) is 0 Å². The Morgan fingerprint density at radius 2 is 1.78 bits per heavy atom. The van der Waals surface area contributed by atoms with Gasteiger partial charge in [0.05, 0.1) is 11.4 Å². The molecule has 4 heteroatoms. The van der Waals surface area contributed by atoms with Gasteiger partial charge in [0.2, 0.25) is 0 Å². The van der Waals surface area contributed by atoms with E-state index in [1.165, 1.54) is 24.8 Å². The molecule has 3 aromatic rings. The zero-order chi connectivity index (χ0) is 18.6. The highest BCUT2D eigenvalue weighted by Crippen LogP contribution is 2.35. The first-order valence-corrected chi connectivity index (χ1v) is 10.0. The van der Waals surface area contributed by atoms with Gasteiger partial charge in [-0.3, -0.25) is 0 Å². The molecule has 0 saturated heterocycles. The lowest BCUT2D eigenvalue weighted by Gasteiger charge is -2.23. The number of carbonyl (C=O) groups excluding carboxylic acids is 1. The molecule has 0 radical (unpaired) electrons. The molecule has 2 aromatic carbocycles. The van der Waals surface area contributed by atoms with Crippen molar-refractivity contribution in [3.05, 3.63) is 54.1 Å². The van der Waals surface area contributed by atoms with Crippen molar-refractivity contribution in [2.24, 2.45) is 0 Å². The molecule has 1 heterocycles. The van der Waals surface area contributed by atoms with E-state index in [0.717, 1.165) is 47.1 Å². The molecule has 1 saturated carbocycles. The molecular formula is C23H27N3O. The smallest absolute Gasteiger partial charge is 0.319 e. The number of anilines is 1. The number of fused-ring (bicyclic) bond motifs is 1. The summed E-state index contributed by atoms with van der Waals surface area (Å²) < 4.78 is 0. The predicted molar refractivity (Wildman–Crippen MR) is 112 cm³/mol. The van der Waals surface area contributed by atoms with Gasteiger partial charge in [0.15, 0.2) is 0 Å². The van der Waals surface area contributed by atoms with Gasteiger partial charge < -0.3 is 15.6 Å². The molecule has 1 aliphatic carbocycles. The summed E-state index contributed by atoms with van der Waals surface area (Å²) in [7, 11) is 0. The normalized spacial score (nSPS) is 15.0. The van der Waals surface area contributed by atoms with E-state index >= 15 is 0 Å². The number of hydrogen-bond donors (Lipinski definition) is 3. The molecule has 2 amide bonds. The summed E-state index contributed by atoms with van der Waals surface area (Å²) in [5.74, 6) is 0. The molecule has 4 nitrogen and oxygen atoms in total. The van der Waals surface area contributed by atoms with Gasteiger partial charge in [0, 0.05) is 22.5 Å². The van der Waals surface area contributed by atoms with Crippen LogP contribution in [-0.2, 0) is 6.42 Å². The van der Waals surface area contributed by atoms with Crippen LogP contribution < -0.4 is 10.6 Å². The maximum atomic E-state index is 12.7. The Kier molecular flexibility index (Phi) is 5.14. The molecule has 0 aliphatic heterocycles. The molecule has 0 atom stereocenters. The first-order valence-electron chi connectivity index (χ1n) is 10.0. The zero-order valence-corrected chi connectivity index (χ0v) is 15.8. The van der Waals surface area contributed by atoms with Crippen LogP contribution in [0.4, 0.5) is 10.5 Å². The van der Waals surface area contributed by atoms with Crippen molar-refractivity contribution in [1.82, 2.24) is 10.3 Å². The van der Waals surface area contributed by atoms with Crippen LogP contribution in [0.25, 0.3) is 22.2 Å². The Morgan fingerprint density at radius 1 is 1.04 bits per heavy atom. The molecule has 1 aromatic heterocycles. The second kappa shape index (κ2) is 7.87. The number of carbonyl (C=O) groups is 1. The summed E-state index contributed by atoms with van der Waals surface area (Å²) in [6.45, 7) is 2.15. The maximum Gasteiger partial charge on any atom is 0.319 e.